The lowest BCUT2D eigenvalue weighted by molar-refractivity contribution is -0.127. The molecule has 0 bridgehead atoms. The molecule has 1 N–H and O–H groups in total. The van der Waals surface area contributed by atoms with E-state index in [-0.39, 0.29) is 11.8 Å². The van der Waals surface area contributed by atoms with Gasteiger partial charge in [0.05, 0.1) is 5.69 Å². The van der Waals surface area contributed by atoms with Crippen LogP contribution in [0.2, 0.25) is 0 Å². The van der Waals surface area contributed by atoms with Gasteiger partial charge in [0.2, 0.25) is 5.91 Å². The van der Waals surface area contributed by atoms with Gasteiger partial charge in [-0.2, -0.15) is 5.10 Å². The van der Waals surface area contributed by atoms with Crippen LogP contribution in [0.3, 0.4) is 0 Å². The number of aryl methyl sites for hydroxylation is 1. The molecule has 1 aromatic carbocycles. The Labute approximate surface area is 156 Å². The fourth-order valence-electron chi connectivity index (χ4n) is 3.66. The van der Waals surface area contributed by atoms with Crippen molar-refractivity contribution in [2.24, 2.45) is 7.05 Å². The van der Waals surface area contributed by atoms with Gasteiger partial charge in [-0.15, -0.1) is 11.8 Å². The zero-order valence-corrected chi connectivity index (χ0v) is 15.6. The van der Waals surface area contributed by atoms with Crippen LogP contribution in [0.15, 0.2) is 29.2 Å². The van der Waals surface area contributed by atoms with Crippen LogP contribution in [-0.2, 0) is 17.6 Å². The first kappa shape index (κ1) is 17.1. The Kier molecular flexibility index (Phi) is 4.72. The molecule has 136 valence electrons. The van der Waals surface area contributed by atoms with Crippen LogP contribution in [0.4, 0.5) is 0 Å². The van der Waals surface area contributed by atoms with Crippen molar-refractivity contribution in [2.45, 2.75) is 29.9 Å². The minimum atomic E-state index is -0.130. The van der Waals surface area contributed by atoms with Crippen LogP contribution in [-0.4, -0.2) is 46.1 Å². The van der Waals surface area contributed by atoms with E-state index in [0.717, 1.165) is 42.0 Å². The number of nitrogens with zero attached hydrogens (tertiary/aromatic N) is 3. The highest BCUT2D eigenvalue weighted by Crippen LogP contribution is 2.42. The van der Waals surface area contributed by atoms with Gasteiger partial charge in [-0.25, -0.2) is 0 Å². The largest absolute Gasteiger partial charge is 0.351 e. The van der Waals surface area contributed by atoms with Crippen molar-refractivity contribution >= 4 is 23.6 Å². The molecule has 7 heteroatoms. The summed E-state index contributed by atoms with van der Waals surface area (Å²) in [5.41, 5.74) is 3.69. The van der Waals surface area contributed by atoms with Gasteiger partial charge in [-0.3, -0.25) is 14.3 Å². The lowest BCUT2D eigenvalue weighted by Crippen LogP contribution is -2.31. The summed E-state index contributed by atoms with van der Waals surface area (Å²) in [6, 6.07) is 8.24. The zero-order valence-electron chi connectivity index (χ0n) is 14.8. The number of benzene rings is 1. The second-order valence-corrected chi connectivity index (χ2v) is 7.70. The third kappa shape index (κ3) is 3.11. The topological polar surface area (TPSA) is 67.2 Å². The summed E-state index contributed by atoms with van der Waals surface area (Å²) in [7, 11) is 1.89. The molecular formula is C19H22N4O2S. The molecule has 3 heterocycles. The number of likely N-dealkylation sites (tertiary alicyclic amines) is 1. The smallest absolute Gasteiger partial charge is 0.272 e. The number of hydrogen-bond donors (Lipinski definition) is 1. The summed E-state index contributed by atoms with van der Waals surface area (Å²) in [5, 5.41) is 7.45. The van der Waals surface area contributed by atoms with Crippen LogP contribution in [0, 0.1) is 0 Å². The molecular weight excluding hydrogens is 348 g/mol. The normalized spacial score (nSPS) is 15.7. The van der Waals surface area contributed by atoms with Gasteiger partial charge < -0.3 is 10.2 Å². The number of carbonyl (C=O) groups excluding carboxylic acids is 2. The summed E-state index contributed by atoms with van der Waals surface area (Å²) in [6.45, 7) is 2.11. The molecule has 2 aliphatic heterocycles. The molecule has 1 fully saturated rings. The van der Waals surface area contributed by atoms with E-state index in [1.165, 1.54) is 4.90 Å². The Hall–Kier alpha value is -2.28. The molecule has 2 aromatic rings. The highest BCUT2D eigenvalue weighted by atomic mass is 32.2. The van der Waals surface area contributed by atoms with E-state index in [2.05, 4.69) is 22.5 Å². The molecule has 1 saturated heterocycles. The SMILES string of the molecule is Cn1nc(C(=O)NCCCN2CCCC2=O)c2c1-c1ccccc1SC2. The molecule has 26 heavy (non-hydrogen) atoms. The van der Waals surface area contributed by atoms with E-state index in [9.17, 15) is 9.59 Å². The number of nitrogens with one attached hydrogen (secondary N) is 1. The van der Waals surface area contributed by atoms with Gasteiger partial charge in [0.1, 0.15) is 0 Å². The Morgan fingerprint density at radius 3 is 3.00 bits per heavy atom. The molecule has 2 aliphatic rings. The molecule has 0 unspecified atom stereocenters. The van der Waals surface area contributed by atoms with Gasteiger partial charge in [-0.05, 0) is 18.9 Å². The third-order valence-electron chi connectivity index (χ3n) is 4.94. The maximum atomic E-state index is 12.6. The second kappa shape index (κ2) is 7.15. The second-order valence-electron chi connectivity index (χ2n) is 6.68. The average molecular weight is 370 g/mol. The van der Waals surface area contributed by atoms with Gasteiger partial charge >= 0.3 is 0 Å². The highest BCUT2D eigenvalue weighted by Gasteiger charge is 2.27. The Morgan fingerprint density at radius 1 is 1.35 bits per heavy atom. The van der Waals surface area contributed by atoms with Crippen molar-refractivity contribution in [3.63, 3.8) is 0 Å². The molecule has 0 aliphatic carbocycles. The first-order chi connectivity index (χ1) is 12.6. The summed E-state index contributed by atoms with van der Waals surface area (Å²) in [5.74, 6) is 0.853. The highest BCUT2D eigenvalue weighted by molar-refractivity contribution is 7.98. The molecule has 0 saturated carbocycles. The van der Waals surface area contributed by atoms with E-state index in [1.54, 1.807) is 11.8 Å². The number of fused-ring (bicyclic) bond motifs is 3. The number of hydrogen-bond acceptors (Lipinski definition) is 4. The van der Waals surface area contributed by atoms with Crippen molar-refractivity contribution in [2.75, 3.05) is 19.6 Å². The molecule has 0 spiro atoms. The summed E-state index contributed by atoms with van der Waals surface area (Å²) < 4.78 is 1.81. The number of thioether (sulfide) groups is 1. The number of rotatable bonds is 5. The van der Waals surface area contributed by atoms with E-state index in [0.29, 0.717) is 25.2 Å². The van der Waals surface area contributed by atoms with Gasteiger partial charge in [0.25, 0.3) is 5.91 Å². The molecule has 0 radical (unpaired) electrons. The fourth-order valence-corrected chi connectivity index (χ4v) is 4.73. The maximum Gasteiger partial charge on any atom is 0.272 e. The van der Waals surface area contributed by atoms with Crippen molar-refractivity contribution < 1.29 is 9.59 Å². The first-order valence-corrected chi connectivity index (χ1v) is 9.98. The minimum absolute atomic E-state index is 0.130. The quantitative estimate of drug-likeness (QED) is 0.821. The predicted octanol–water partition coefficient (Wildman–Crippen LogP) is 2.44. The zero-order chi connectivity index (χ0) is 18.1. The summed E-state index contributed by atoms with van der Waals surface area (Å²) >= 11 is 1.74. The van der Waals surface area contributed by atoms with E-state index in [4.69, 9.17) is 0 Å². The van der Waals surface area contributed by atoms with Crippen LogP contribution < -0.4 is 5.32 Å². The number of aromatic nitrogens is 2. The summed E-state index contributed by atoms with van der Waals surface area (Å²) in [4.78, 5) is 27.3. The minimum Gasteiger partial charge on any atom is -0.351 e. The van der Waals surface area contributed by atoms with E-state index >= 15 is 0 Å². The van der Waals surface area contributed by atoms with E-state index in [1.807, 2.05) is 28.8 Å². The first-order valence-electron chi connectivity index (χ1n) is 8.99. The molecule has 6 nitrogen and oxygen atoms in total. The molecule has 1 aromatic heterocycles. The fraction of sp³-hybridized carbons (Fsp3) is 0.421. The van der Waals surface area contributed by atoms with Crippen molar-refractivity contribution in [1.29, 1.82) is 0 Å². The predicted molar refractivity (Wildman–Crippen MR) is 101 cm³/mol. The number of carbonyl (C=O) groups is 2. The van der Waals surface area contributed by atoms with Gasteiger partial charge in [0.15, 0.2) is 5.69 Å². The van der Waals surface area contributed by atoms with Crippen LogP contribution in [0.25, 0.3) is 11.3 Å². The van der Waals surface area contributed by atoms with Gasteiger partial charge in [-0.1, -0.05) is 18.2 Å². The molecule has 4 rings (SSSR count). The molecule has 0 atom stereocenters. The van der Waals surface area contributed by atoms with Crippen LogP contribution >= 0.6 is 11.8 Å². The molecule has 2 amide bonds. The Bertz CT molecular complexity index is 861. The Morgan fingerprint density at radius 2 is 2.19 bits per heavy atom. The van der Waals surface area contributed by atoms with Crippen molar-refractivity contribution in [3.05, 3.63) is 35.5 Å². The lowest BCUT2D eigenvalue weighted by Gasteiger charge is -2.17. The van der Waals surface area contributed by atoms with Crippen LogP contribution in [0.5, 0.6) is 0 Å². The third-order valence-corrected chi connectivity index (χ3v) is 6.04. The van der Waals surface area contributed by atoms with Gasteiger partial charge in [0, 0.05) is 54.9 Å². The van der Waals surface area contributed by atoms with Crippen molar-refractivity contribution in [1.82, 2.24) is 20.0 Å². The van der Waals surface area contributed by atoms with E-state index < -0.39 is 0 Å². The van der Waals surface area contributed by atoms with Crippen LogP contribution in [0.1, 0.15) is 35.3 Å². The average Bonchev–Trinajstić information content (AvgIpc) is 3.22. The maximum absolute atomic E-state index is 12.6. The summed E-state index contributed by atoms with van der Waals surface area (Å²) in [6.07, 6.45) is 2.38. The van der Waals surface area contributed by atoms with Crippen molar-refractivity contribution in [3.8, 4) is 11.3 Å². The monoisotopic (exact) mass is 370 g/mol. The lowest BCUT2D eigenvalue weighted by atomic mass is 10.1. The standard InChI is InChI=1S/C19H22N4O2S/c1-22-18-13-6-2-3-7-15(13)26-12-14(18)17(21-22)19(25)20-9-5-11-23-10-4-8-16(23)24/h2-3,6-7H,4-5,8-12H2,1H3,(H,20,25). The number of amides is 2. The Balaban J connectivity index is 1.42.